The molecule has 1 saturated heterocycles. The molecule has 2 aromatic rings. The van der Waals surface area contributed by atoms with Gasteiger partial charge in [0.25, 0.3) is 5.91 Å². The minimum atomic E-state index is -0.555. The van der Waals surface area contributed by atoms with E-state index in [9.17, 15) is 9.59 Å². The Morgan fingerprint density at radius 1 is 1.10 bits per heavy atom. The lowest BCUT2D eigenvalue weighted by atomic mass is 9.88. The van der Waals surface area contributed by atoms with Crippen LogP contribution in [-0.4, -0.2) is 41.5 Å². The molecule has 0 aliphatic carbocycles. The number of hydrogen-bond donors (Lipinski definition) is 1. The number of rotatable bonds is 3. The second-order valence-corrected chi connectivity index (χ2v) is 8.38. The lowest BCUT2D eigenvalue weighted by Gasteiger charge is -2.37. The van der Waals surface area contributed by atoms with Crippen molar-refractivity contribution in [2.45, 2.75) is 31.4 Å². The molecule has 0 aromatic heterocycles. The number of likely N-dealkylation sites (tertiary alicyclic amines) is 1. The second-order valence-electron chi connectivity index (χ2n) is 7.46. The van der Waals surface area contributed by atoms with Crippen LogP contribution < -0.4 is 5.32 Å². The maximum atomic E-state index is 12.7. The summed E-state index contributed by atoms with van der Waals surface area (Å²) in [6.07, 6.45) is 1.14. The van der Waals surface area contributed by atoms with Crippen LogP contribution in [0, 0.1) is 0 Å². The zero-order chi connectivity index (χ0) is 21.0. The van der Waals surface area contributed by atoms with Gasteiger partial charge in [-0.25, -0.2) is 4.79 Å². The van der Waals surface area contributed by atoms with Gasteiger partial charge in [-0.3, -0.25) is 4.79 Å². The number of nitrogens with zero attached hydrogens (tertiary/aromatic N) is 2. The van der Waals surface area contributed by atoms with Crippen molar-refractivity contribution in [2.75, 3.05) is 13.1 Å². The summed E-state index contributed by atoms with van der Waals surface area (Å²) in [5.74, 6) is 0.279. The van der Waals surface area contributed by atoms with Gasteiger partial charge in [0.15, 0.2) is 0 Å². The number of halogens is 1. The molecule has 1 fully saturated rings. The third-order valence-electron chi connectivity index (χ3n) is 5.36. The molecule has 1 N–H and O–H groups in total. The molecule has 30 heavy (non-hydrogen) atoms. The number of hydrogen-bond acceptors (Lipinski definition) is 5. The van der Waals surface area contributed by atoms with Gasteiger partial charge in [0.2, 0.25) is 5.90 Å². The van der Waals surface area contributed by atoms with Crippen molar-refractivity contribution in [1.29, 1.82) is 0 Å². The van der Waals surface area contributed by atoms with Crippen molar-refractivity contribution in [3.05, 3.63) is 70.2 Å². The molecule has 0 saturated carbocycles. The molecule has 0 radical (unpaired) electrons. The predicted molar refractivity (Wildman–Crippen MR) is 115 cm³/mol. The molecule has 4 rings (SSSR count). The van der Waals surface area contributed by atoms with Crippen molar-refractivity contribution < 1.29 is 19.2 Å². The van der Waals surface area contributed by atoms with Crippen LogP contribution in [0.4, 0.5) is 4.79 Å². The van der Waals surface area contributed by atoms with Gasteiger partial charge in [-0.1, -0.05) is 51.4 Å². The van der Waals surface area contributed by atoms with Crippen LogP contribution in [0.15, 0.2) is 64.2 Å². The second kappa shape index (κ2) is 8.87. The Balaban J connectivity index is 1.24. The normalized spacial score (nSPS) is 17.2. The minimum Gasteiger partial charge on any atom is -0.392 e. The van der Waals surface area contributed by atoms with Gasteiger partial charge in [0.1, 0.15) is 5.60 Å². The number of benzene rings is 2. The monoisotopic (exact) mass is 471 g/mol. The molecule has 8 heteroatoms. The van der Waals surface area contributed by atoms with Crippen molar-refractivity contribution in [3.8, 4) is 0 Å². The maximum absolute atomic E-state index is 12.7. The number of alkyl carbamates (subject to hydrolysis) is 1. The number of ether oxygens (including phenoxy) is 1. The first-order chi connectivity index (χ1) is 14.5. The van der Waals surface area contributed by atoms with E-state index < -0.39 is 11.7 Å². The number of carbonyl (C=O) groups is 2. The first-order valence-electron chi connectivity index (χ1n) is 9.83. The topological polar surface area (TPSA) is 80.2 Å². The molecule has 2 aliphatic rings. The van der Waals surface area contributed by atoms with Gasteiger partial charge in [-0.2, -0.15) is 0 Å². The Morgan fingerprint density at radius 3 is 2.50 bits per heavy atom. The van der Waals surface area contributed by atoms with E-state index in [-0.39, 0.29) is 11.8 Å². The Labute approximate surface area is 183 Å². The quantitative estimate of drug-likeness (QED) is 0.730. The van der Waals surface area contributed by atoms with E-state index in [0.29, 0.717) is 44.5 Å². The smallest absolute Gasteiger partial charge is 0.392 e. The van der Waals surface area contributed by atoms with E-state index in [1.54, 1.807) is 0 Å². The van der Waals surface area contributed by atoms with Crippen molar-refractivity contribution in [1.82, 2.24) is 10.2 Å². The number of oxime groups is 1. The minimum absolute atomic E-state index is 0.00743. The van der Waals surface area contributed by atoms with Crippen LogP contribution in [0.25, 0.3) is 0 Å². The molecular weight excluding hydrogens is 450 g/mol. The van der Waals surface area contributed by atoms with Crippen LogP contribution in [0.1, 0.15) is 35.2 Å². The highest BCUT2D eigenvalue weighted by Crippen LogP contribution is 2.35. The van der Waals surface area contributed by atoms with E-state index in [4.69, 9.17) is 9.57 Å². The average Bonchev–Trinajstić information content (AvgIpc) is 3.15. The number of amides is 2. The van der Waals surface area contributed by atoms with Crippen molar-refractivity contribution >= 4 is 33.8 Å². The highest BCUT2D eigenvalue weighted by Gasteiger charge is 2.44. The highest BCUT2D eigenvalue weighted by molar-refractivity contribution is 9.10. The van der Waals surface area contributed by atoms with E-state index in [0.717, 1.165) is 10.0 Å². The Kier molecular flexibility index (Phi) is 6.03. The third-order valence-corrected chi connectivity index (χ3v) is 5.89. The SMILES string of the molecule is O=C(NCc1ccccc1)OC1=NOC2(CCN(C(=O)c3ccc(Br)cc3)CC2)C1. The summed E-state index contributed by atoms with van der Waals surface area (Å²) < 4.78 is 6.24. The van der Waals surface area contributed by atoms with Gasteiger partial charge in [-0.15, -0.1) is 0 Å². The van der Waals surface area contributed by atoms with Gasteiger partial charge >= 0.3 is 6.09 Å². The molecule has 0 unspecified atom stereocenters. The zero-order valence-corrected chi connectivity index (χ0v) is 17.9. The summed E-state index contributed by atoms with van der Waals surface area (Å²) >= 11 is 3.38. The molecule has 156 valence electrons. The fourth-order valence-electron chi connectivity index (χ4n) is 3.62. The van der Waals surface area contributed by atoms with Crippen LogP contribution in [-0.2, 0) is 16.1 Å². The summed E-state index contributed by atoms with van der Waals surface area (Å²) in [6, 6.07) is 16.9. The summed E-state index contributed by atoms with van der Waals surface area (Å²) in [5, 5.41) is 6.68. The Hall–Kier alpha value is -2.87. The summed E-state index contributed by atoms with van der Waals surface area (Å²) in [5.41, 5.74) is 1.14. The number of piperidine rings is 1. The van der Waals surface area contributed by atoms with Crippen molar-refractivity contribution in [2.24, 2.45) is 5.16 Å². The summed E-state index contributed by atoms with van der Waals surface area (Å²) in [4.78, 5) is 32.2. The number of carbonyl (C=O) groups excluding carboxylic acids is 2. The first kappa shape index (κ1) is 20.4. The van der Waals surface area contributed by atoms with Crippen molar-refractivity contribution in [3.63, 3.8) is 0 Å². The lowest BCUT2D eigenvalue weighted by Crippen LogP contribution is -2.47. The largest absolute Gasteiger partial charge is 0.414 e. The van der Waals surface area contributed by atoms with Crippen LogP contribution in [0.2, 0.25) is 0 Å². The van der Waals surface area contributed by atoms with Crippen LogP contribution in [0.3, 0.4) is 0 Å². The molecular formula is C22H22BrN3O4. The molecule has 2 aromatic carbocycles. The van der Waals surface area contributed by atoms with E-state index in [1.165, 1.54) is 0 Å². The Morgan fingerprint density at radius 2 is 1.80 bits per heavy atom. The highest BCUT2D eigenvalue weighted by atomic mass is 79.9. The molecule has 2 heterocycles. The summed E-state index contributed by atoms with van der Waals surface area (Å²) in [6.45, 7) is 1.52. The van der Waals surface area contributed by atoms with Gasteiger partial charge in [-0.05, 0) is 29.8 Å². The van der Waals surface area contributed by atoms with Gasteiger partial charge < -0.3 is 19.8 Å². The predicted octanol–water partition coefficient (Wildman–Crippen LogP) is 4.08. The molecule has 1 spiro atoms. The van der Waals surface area contributed by atoms with E-state index in [2.05, 4.69) is 26.4 Å². The Bertz CT molecular complexity index is 939. The fourth-order valence-corrected chi connectivity index (χ4v) is 3.88. The van der Waals surface area contributed by atoms with E-state index in [1.807, 2.05) is 59.5 Å². The molecule has 0 atom stereocenters. The van der Waals surface area contributed by atoms with E-state index >= 15 is 0 Å². The molecule has 2 amide bonds. The van der Waals surface area contributed by atoms with Gasteiger partial charge in [0.05, 0.1) is 6.42 Å². The van der Waals surface area contributed by atoms with Crippen LogP contribution in [0.5, 0.6) is 0 Å². The first-order valence-corrected chi connectivity index (χ1v) is 10.6. The fraction of sp³-hybridized carbons (Fsp3) is 0.318. The molecule has 2 aliphatic heterocycles. The average molecular weight is 472 g/mol. The third kappa shape index (κ3) is 4.81. The zero-order valence-electron chi connectivity index (χ0n) is 16.3. The van der Waals surface area contributed by atoms with Crippen LogP contribution >= 0.6 is 15.9 Å². The van der Waals surface area contributed by atoms with Gasteiger partial charge in [0, 0.05) is 42.5 Å². The lowest BCUT2D eigenvalue weighted by molar-refractivity contribution is -0.0568. The summed E-state index contributed by atoms with van der Waals surface area (Å²) in [7, 11) is 0. The molecule has 0 bridgehead atoms. The maximum Gasteiger partial charge on any atom is 0.414 e. The molecule has 7 nitrogen and oxygen atoms in total. The standard InChI is InChI=1S/C22H22BrN3O4/c23-18-8-6-17(7-9-18)20(27)26-12-10-22(11-13-26)14-19(25-30-22)29-21(28)24-15-16-4-2-1-3-5-16/h1-9H,10-15H2,(H,24,28). The number of nitrogens with one attached hydrogen (secondary N) is 1.